The Morgan fingerprint density at radius 2 is 0.719 bits per heavy atom. The zero-order chi connectivity index (χ0) is 41.0. The molecule has 1 aliphatic carbocycles. The third-order valence-electron chi connectivity index (χ3n) is 13.1. The van der Waals surface area contributed by atoms with E-state index in [4.69, 9.17) is 9.47 Å². The molecule has 0 spiro atoms. The molecule has 0 amide bonds. The monoisotopic (exact) mass is 803 g/mol. The highest BCUT2D eigenvalue weighted by Crippen LogP contribution is 2.23. The maximum Gasteiger partial charge on any atom is 0.308 e. The smallest absolute Gasteiger partial charge is 0.308 e. The largest absolute Gasteiger partial charge is 0.465 e. The molecular weight excluding hydrogens is 701 g/mol. The van der Waals surface area contributed by atoms with E-state index in [1.807, 2.05) is 0 Å². The number of ether oxygens (including phenoxy) is 2. The maximum absolute atomic E-state index is 13.2. The van der Waals surface area contributed by atoms with Crippen molar-refractivity contribution >= 4 is 11.9 Å². The standard InChI is InChI=1S/C53H102O4/c1-3-4-5-6-7-8-9-10-11-12-13-14-19-22-25-28-31-34-37-40-43-46-52(54)57-49-50(2)47-48-56-53(55)51-44-41-38-35-32-29-26-23-20-17-15-16-18-21-24-27-30-33-36-39-42-45-51/h50-51H,3-49H2,1-2H3. The minimum Gasteiger partial charge on any atom is -0.465 e. The van der Waals surface area contributed by atoms with Gasteiger partial charge in [0.2, 0.25) is 0 Å². The Kier molecular flexibility index (Phi) is 42.1. The fourth-order valence-electron chi connectivity index (χ4n) is 8.91. The molecule has 1 unspecified atom stereocenters. The van der Waals surface area contributed by atoms with Crippen LogP contribution in [0, 0.1) is 11.8 Å². The van der Waals surface area contributed by atoms with Gasteiger partial charge in [0.05, 0.1) is 19.1 Å². The number of esters is 2. The van der Waals surface area contributed by atoms with Crippen LogP contribution in [0.1, 0.15) is 303 Å². The van der Waals surface area contributed by atoms with Crippen LogP contribution in [0.15, 0.2) is 0 Å². The lowest BCUT2D eigenvalue weighted by Gasteiger charge is -2.17. The predicted molar refractivity (Wildman–Crippen MR) is 248 cm³/mol. The second-order valence-corrected chi connectivity index (χ2v) is 18.9. The highest BCUT2D eigenvalue weighted by atomic mass is 16.5. The summed E-state index contributed by atoms with van der Waals surface area (Å²) in [5, 5.41) is 0. The number of hydrogen-bond acceptors (Lipinski definition) is 4. The molecule has 0 aromatic rings. The molecule has 0 N–H and O–H groups in total. The molecule has 0 radical (unpaired) electrons. The molecule has 1 saturated carbocycles. The van der Waals surface area contributed by atoms with Crippen LogP contribution in [0.2, 0.25) is 0 Å². The highest BCUT2D eigenvalue weighted by molar-refractivity contribution is 5.72. The molecule has 4 nitrogen and oxygen atoms in total. The van der Waals surface area contributed by atoms with Crippen LogP contribution < -0.4 is 0 Å². The van der Waals surface area contributed by atoms with E-state index >= 15 is 0 Å². The van der Waals surface area contributed by atoms with E-state index in [0.717, 1.165) is 44.9 Å². The Morgan fingerprint density at radius 3 is 1.05 bits per heavy atom. The fraction of sp³-hybridized carbons (Fsp3) is 0.962. The van der Waals surface area contributed by atoms with Crippen molar-refractivity contribution in [3.8, 4) is 0 Å². The molecule has 57 heavy (non-hydrogen) atoms. The second kappa shape index (κ2) is 44.5. The number of unbranched alkanes of at least 4 members (excludes halogenated alkanes) is 20. The molecule has 0 bridgehead atoms. The van der Waals surface area contributed by atoms with Gasteiger partial charge in [0.1, 0.15) is 0 Å². The van der Waals surface area contributed by atoms with Crippen molar-refractivity contribution in [1.29, 1.82) is 0 Å². The first kappa shape index (κ1) is 54.0. The normalized spacial score (nSPS) is 17.5. The summed E-state index contributed by atoms with van der Waals surface area (Å²) in [6.45, 7) is 5.27. The van der Waals surface area contributed by atoms with Crippen molar-refractivity contribution in [2.45, 2.75) is 303 Å². The van der Waals surface area contributed by atoms with Gasteiger partial charge in [-0.15, -0.1) is 0 Å². The minimum absolute atomic E-state index is 0.0135. The molecule has 0 saturated heterocycles. The van der Waals surface area contributed by atoms with Gasteiger partial charge in [-0.3, -0.25) is 9.59 Å². The maximum atomic E-state index is 13.2. The van der Waals surface area contributed by atoms with E-state index in [1.165, 1.54) is 238 Å². The first-order chi connectivity index (χ1) is 28.1. The van der Waals surface area contributed by atoms with Crippen LogP contribution >= 0.6 is 0 Å². The topological polar surface area (TPSA) is 52.6 Å². The average Bonchev–Trinajstić information content (AvgIpc) is 3.21. The van der Waals surface area contributed by atoms with Crippen molar-refractivity contribution in [1.82, 2.24) is 0 Å². The van der Waals surface area contributed by atoms with Crippen molar-refractivity contribution in [3.63, 3.8) is 0 Å². The van der Waals surface area contributed by atoms with Crippen LogP contribution in [0.25, 0.3) is 0 Å². The van der Waals surface area contributed by atoms with Gasteiger partial charge in [0, 0.05) is 6.42 Å². The summed E-state index contributed by atoms with van der Waals surface area (Å²) in [4.78, 5) is 25.5. The van der Waals surface area contributed by atoms with Crippen molar-refractivity contribution in [3.05, 3.63) is 0 Å². The molecule has 338 valence electrons. The van der Waals surface area contributed by atoms with E-state index < -0.39 is 0 Å². The van der Waals surface area contributed by atoms with Crippen molar-refractivity contribution < 1.29 is 19.1 Å². The Morgan fingerprint density at radius 1 is 0.421 bits per heavy atom. The minimum atomic E-state index is -0.0682. The molecule has 0 heterocycles. The Bertz CT molecular complexity index is 802. The second-order valence-electron chi connectivity index (χ2n) is 18.9. The van der Waals surface area contributed by atoms with E-state index in [-0.39, 0.29) is 23.8 Å². The van der Waals surface area contributed by atoms with E-state index in [0.29, 0.717) is 19.6 Å². The summed E-state index contributed by atoms with van der Waals surface area (Å²) >= 11 is 0. The van der Waals surface area contributed by atoms with E-state index in [1.54, 1.807) is 0 Å². The molecule has 1 rings (SSSR count). The molecule has 0 aromatic heterocycles. The van der Waals surface area contributed by atoms with Crippen LogP contribution in [-0.4, -0.2) is 25.2 Å². The van der Waals surface area contributed by atoms with Gasteiger partial charge in [-0.25, -0.2) is 0 Å². The molecule has 0 aromatic carbocycles. The van der Waals surface area contributed by atoms with E-state index in [9.17, 15) is 9.59 Å². The summed E-state index contributed by atoms with van der Waals surface area (Å²) < 4.78 is 11.5. The summed E-state index contributed by atoms with van der Waals surface area (Å²) in [5.41, 5.74) is 0. The van der Waals surface area contributed by atoms with Gasteiger partial charge < -0.3 is 9.47 Å². The zero-order valence-corrected chi connectivity index (χ0v) is 39.0. The SMILES string of the molecule is CCCCCCCCCCCCCCCCCCCCCCCC(=O)OCC(C)CCOC(=O)C1CCCCCCCCCCCCCCCCCCCCCC1. The van der Waals surface area contributed by atoms with Crippen LogP contribution in [0.3, 0.4) is 0 Å². The lowest BCUT2D eigenvalue weighted by Crippen LogP contribution is -2.20. The third kappa shape index (κ3) is 40.1. The molecule has 0 aliphatic heterocycles. The van der Waals surface area contributed by atoms with Gasteiger partial charge in [-0.1, -0.05) is 271 Å². The van der Waals surface area contributed by atoms with Crippen LogP contribution in [0.5, 0.6) is 0 Å². The predicted octanol–water partition coefficient (Wildman–Crippen LogP) is 17.9. The molecule has 1 fully saturated rings. The summed E-state index contributed by atoms with van der Waals surface area (Å²) in [5.74, 6) is 0.202. The lowest BCUT2D eigenvalue weighted by atomic mass is 9.94. The zero-order valence-electron chi connectivity index (χ0n) is 39.0. The van der Waals surface area contributed by atoms with Gasteiger partial charge in [-0.05, 0) is 31.6 Å². The molecule has 1 atom stereocenters. The summed E-state index contributed by atoms with van der Waals surface area (Å²) in [6.07, 6.45) is 59.0. The first-order valence-corrected chi connectivity index (χ1v) is 26.5. The average molecular weight is 803 g/mol. The molecular formula is C53H102O4. The van der Waals surface area contributed by atoms with Gasteiger partial charge in [0.15, 0.2) is 0 Å². The summed E-state index contributed by atoms with van der Waals surface area (Å²) in [7, 11) is 0. The lowest BCUT2D eigenvalue weighted by molar-refractivity contribution is -0.151. The van der Waals surface area contributed by atoms with Crippen LogP contribution in [-0.2, 0) is 19.1 Å². The molecule has 4 heteroatoms. The molecule has 1 aliphatic rings. The quantitative estimate of drug-likeness (QED) is 0.0584. The number of hydrogen-bond donors (Lipinski definition) is 0. The highest BCUT2D eigenvalue weighted by Gasteiger charge is 2.20. The van der Waals surface area contributed by atoms with Crippen molar-refractivity contribution in [2.24, 2.45) is 11.8 Å². The van der Waals surface area contributed by atoms with Gasteiger partial charge in [-0.2, -0.15) is 0 Å². The van der Waals surface area contributed by atoms with Gasteiger partial charge >= 0.3 is 11.9 Å². The van der Waals surface area contributed by atoms with Gasteiger partial charge in [0.25, 0.3) is 0 Å². The Labute approximate surface area is 357 Å². The Balaban J connectivity index is 2.04. The number of carbonyl (C=O) groups excluding carboxylic acids is 2. The summed E-state index contributed by atoms with van der Waals surface area (Å²) in [6, 6.07) is 0. The third-order valence-corrected chi connectivity index (χ3v) is 13.1. The van der Waals surface area contributed by atoms with Crippen molar-refractivity contribution in [2.75, 3.05) is 13.2 Å². The fourth-order valence-corrected chi connectivity index (χ4v) is 8.91. The first-order valence-electron chi connectivity index (χ1n) is 26.5. The van der Waals surface area contributed by atoms with Crippen LogP contribution in [0.4, 0.5) is 0 Å². The van der Waals surface area contributed by atoms with E-state index in [2.05, 4.69) is 13.8 Å². The Hall–Kier alpha value is -1.06. The number of carbonyl (C=O) groups is 2. The number of rotatable bonds is 28.